The highest BCUT2D eigenvalue weighted by molar-refractivity contribution is 7.76. The second-order valence-electron chi connectivity index (χ2n) is 2.85. The van der Waals surface area contributed by atoms with Crippen LogP contribution in [0.1, 0.15) is 19.8 Å². The van der Waals surface area contributed by atoms with E-state index in [-0.39, 0.29) is 0 Å². The van der Waals surface area contributed by atoms with Crippen molar-refractivity contribution in [3.63, 3.8) is 0 Å². The molecule has 60 valence electrons. The van der Waals surface area contributed by atoms with Crippen LogP contribution in [0, 0.1) is 5.92 Å². The average Bonchev–Trinajstić information content (AvgIpc) is 1.88. The molecule has 0 aliphatic carbocycles. The highest BCUT2D eigenvalue weighted by atomic mass is 32.2. The third kappa shape index (κ3) is 2.04. The Morgan fingerprint density at radius 2 is 2.40 bits per heavy atom. The molecule has 0 bridgehead atoms. The van der Waals surface area contributed by atoms with Crippen molar-refractivity contribution < 1.29 is 8.76 Å². The van der Waals surface area contributed by atoms with Gasteiger partial charge >= 0.3 is 0 Å². The van der Waals surface area contributed by atoms with Gasteiger partial charge in [-0.15, -0.1) is 0 Å². The smallest absolute Gasteiger partial charge is 0.0209 e. The molecule has 0 spiro atoms. The molecule has 0 N–H and O–H groups in total. The Kier molecular flexibility index (Phi) is 2.82. The summed E-state index contributed by atoms with van der Waals surface area (Å²) in [6, 6.07) is 0. The number of hydrogen-bond donors (Lipinski definition) is 0. The van der Waals surface area contributed by atoms with Crippen LogP contribution in [0.4, 0.5) is 0 Å². The maximum absolute atomic E-state index is 10.4. The van der Waals surface area contributed by atoms with Gasteiger partial charge in [-0.3, -0.25) is 4.21 Å². The zero-order valence-corrected chi connectivity index (χ0v) is 6.89. The molecule has 4 heteroatoms. The molecular weight excluding hydrogens is 150 g/mol. The lowest BCUT2D eigenvalue weighted by molar-refractivity contribution is 0.274. The minimum atomic E-state index is -1.99. The summed E-state index contributed by atoms with van der Waals surface area (Å²) >= 11 is -1.99. The fraction of sp³-hybridized carbons (Fsp3) is 1.00. The van der Waals surface area contributed by atoms with E-state index in [2.05, 4.69) is 6.92 Å². The average molecular weight is 162 g/mol. The molecule has 1 saturated heterocycles. The molecule has 0 aromatic heterocycles. The largest absolute Gasteiger partial charge is 0.760 e. The van der Waals surface area contributed by atoms with E-state index in [0.29, 0.717) is 19.0 Å². The molecule has 1 aliphatic rings. The first-order chi connectivity index (χ1) is 4.70. The van der Waals surface area contributed by atoms with Gasteiger partial charge in [0.1, 0.15) is 0 Å². The van der Waals surface area contributed by atoms with Gasteiger partial charge in [-0.05, 0) is 18.8 Å². The van der Waals surface area contributed by atoms with Crippen LogP contribution in [-0.2, 0) is 11.3 Å². The van der Waals surface area contributed by atoms with Gasteiger partial charge in [0.25, 0.3) is 0 Å². The Labute approximate surface area is 63.8 Å². The third-order valence-corrected chi connectivity index (χ3v) is 2.58. The van der Waals surface area contributed by atoms with E-state index in [1.807, 2.05) is 0 Å². The van der Waals surface area contributed by atoms with Crippen molar-refractivity contribution in [3.05, 3.63) is 0 Å². The summed E-state index contributed by atoms with van der Waals surface area (Å²) in [5.41, 5.74) is 0. The summed E-state index contributed by atoms with van der Waals surface area (Å²) in [5, 5.41) is 0. The predicted octanol–water partition coefficient (Wildman–Crippen LogP) is 0.512. The summed E-state index contributed by atoms with van der Waals surface area (Å²) in [4.78, 5) is 0. The topological polar surface area (TPSA) is 43.4 Å². The number of piperidine rings is 1. The van der Waals surface area contributed by atoms with E-state index in [1.54, 1.807) is 0 Å². The molecule has 1 heterocycles. The monoisotopic (exact) mass is 162 g/mol. The lowest BCUT2D eigenvalue weighted by Gasteiger charge is -2.31. The molecule has 1 rings (SSSR count). The summed E-state index contributed by atoms with van der Waals surface area (Å²) in [5.74, 6) is 0.534. The predicted molar refractivity (Wildman–Crippen MR) is 38.9 cm³/mol. The Morgan fingerprint density at radius 3 is 2.80 bits per heavy atom. The van der Waals surface area contributed by atoms with Crippen LogP contribution in [-0.4, -0.2) is 26.2 Å². The minimum absolute atomic E-state index is 0.534. The van der Waals surface area contributed by atoms with Gasteiger partial charge in [0.15, 0.2) is 0 Å². The second kappa shape index (κ2) is 3.46. The van der Waals surface area contributed by atoms with Crippen molar-refractivity contribution in [3.8, 4) is 0 Å². The molecular formula is C6H12NO2S-. The van der Waals surface area contributed by atoms with E-state index < -0.39 is 11.3 Å². The van der Waals surface area contributed by atoms with E-state index in [9.17, 15) is 8.76 Å². The lowest BCUT2D eigenvalue weighted by Crippen LogP contribution is -2.35. The van der Waals surface area contributed by atoms with Gasteiger partial charge in [0.05, 0.1) is 0 Å². The number of rotatable bonds is 1. The Hall–Kier alpha value is 0.0700. The van der Waals surface area contributed by atoms with Crippen LogP contribution in [0.3, 0.4) is 0 Å². The molecule has 0 radical (unpaired) electrons. The van der Waals surface area contributed by atoms with Crippen molar-refractivity contribution in [2.75, 3.05) is 13.1 Å². The van der Waals surface area contributed by atoms with Crippen LogP contribution < -0.4 is 0 Å². The molecule has 0 aromatic carbocycles. The zero-order valence-electron chi connectivity index (χ0n) is 6.08. The minimum Gasteiger partial charge on any atom is -0.760 e. The van der Waals surface area contributed by atoms with Crippen LogP contribution >= 0.6 is 0 Å². The van der Waals surface area contributed by atoms with Gasteiger partial charge < -0.3 is 4.55 Å². The fourth-order valence-electron chi connectivity index (χ4n) is 1.28. The summed E-state index contributed by atoms with van der Waals surface area (Å²) < 4.78 is 22.3. The Balaban J connectivity index is 2.39. The fourth-order valence-corrected chi connectivity index (χ4v) is 1.94. The van der Waals surface area contributed by atoms with Crippen LogP contribution in [0.5, 0.6) is 0 Å². The first kappa shape index (κ1) is 8.17. The molecule has 2 atom stereocenters. The molecule has 10 heavy (non-hydrogen) atoms. The molecule has 0 amide bonds. The zero-order chi connectivity index (χ0) is 7.56. The van der Waals surface area contributed by atoms with Crippen LogP contribution in [0.2, 0.25) is 0 Å². The quantitative estimate of drug-likeness (QED) is 0.527. The maximum Gasteiger partial charge on any atom is 0.0209 e. The van der Waals surface area contributed by atoms with Gasteiger partial charge in [0, 0.05) is 24.4 Å². The molecule has 1 aliphatic heterocycles. The van der Waals surface area contributed by atoms with Crippen molar-refractivity contribution in [1.29, 1.82) is 0 Å². The van der Waals surface area contributed by atoms with E-state index in [1.165, 1.54) is 4.31 Å². The van der Waals surface area contributed by atoms with Crippen molar-refractivity contribution in [2.24, 2.45) is 5.92 Å². The van der Waals surface area contributed by atoms with Crippen LogP contribution in [0.15, 0.2) is 0 Å². The van der Waals surface area contributed by atoms with E-state index in [4.69, 9.17) is 0 Å². The van der Waals surface area contributed by atoms with E-state index in [0.717, 1.165) is 12.8 Å². The van der Waals surface area contributed by atoms with Gasteiger partial charge in [-0.2, -0.15) is 0 Å². The molecule has 3 nitrogen and oxygen atoms in total. The standard InChI is InChI=1S/C6H13NO2S/c1-6-3-2-4-7(5-6)10(8)9/h6H,2-5H2,1H3,(H,8,9)/p-1/t6-/m0/s1. The van der Waals surface area contributed by atoms with E-state index >= 15 is 0 Å². The van der Waals surface area contributed by atoms with Gasteiger partial charge in [-0.1, -0.05) is 6.92 Å². The first-order valence-corrected chi connectivity index (χ1v) is 4.57. The van der Waals surface area contributed by atoms with Crippen molar-refractivity contribution >= 4 is 11.3 Å². The normalized spacial score (nSPS) is 32.0. The van der Waals surface area contributed by atoms with Gasteiger partial charge in [0.2, 0.25) is 0 Å². The number of hydrogen-bond acceptors (Lipinski definition) is 2. The third-order valence-electron chi connectivity index (χ3n) is 1.83. The molecule has 1 unspecified atom stereocenters. The SMILES string of the molecule is C[C@H]1CCCN(S(=O)[O-])C1. The summed E-state index contributed by atoms with van der Waals surface area (Å²) in [6.45, 7) is 3.50. The van der Waals surface area contributed by atoms with Gasteiger partial charge in [-0.25, -0.2) is 4.31 Å². The Bertz CT molecular complexity index is 140. The Morgan fingerprint density at radius 1 is 1.70 bits per heavy atom. The summed E-state index contributed by atoms with van der Waals surface area (Å²) in [6.07, 6.45) is 2.17. The van der Waals surface area contributed by atoms with Crippen molar-refractivity contribution in [1.82, 2.24) is 4.31 Å². The lowest BCUT2D eigenvalue weighted by atomic mass is 10.0. The number of nitrogens with zero attached hydrogens (tertiary/aromatic N) is 1. The van der Waals surface area contributed by atoms with Crippen LogP contribution in [0.25, 0.3) is 0 Å². The molecule has 0 saturated carbocycles. The summed E-state index contributed by atoms with van der Waals surface area (Å²) in [7, 11) is 0. The highest BCUT2D eigenvalue weighted by Crippen LogP contribution is 2.15. The molecule has 0 aromatic rings. The highest BCUT2D eigenvalue weighted by Gasteiger charge is 2.15. The van der Waals surface area contributed by atoms with Crippen molar-refractivity contribution in [2.45, 2.75) is 19.8 Å². The molecule has 1 fully saturated rings. The second-order valence-corrected chi connectivity index (χ2v) is 3.80. The first-order valence-electron chi connectivity index (χ1n) is 3.54. The maximum atomic E-state index is 10.4.